The number of halogens is 1. The van der Waals surface area contributed by atoms with Gasteiger partial charge in [0.05, 0.1) is 10.7 Å². The molecule has 1 unspecified atom stereocenters. The summed E-state index contributed by atoms with van der Waals surface area (Å²) in [7, 11) is 0. The molecule has 0 radical (unpaired) electrons. The Labute approximate surface area is 146 Å². The molecule has 4 rings (SSSR count). The Morgan fingerprint density at radius 2 is 2.25 bits per heavy atom. The van der Waals surface area contributed by atoms with Crippen LogP contribution in [0.5, 0.6) is 0 Å². The number of carbonyl (C=O) groups is 1. The van der Waals surface area contributed by atoms with Crippen LogP contribution in [0.4, 0.5) is 0 Å². The molecule has 2 aromatic rings. The molecule has 2 aliphatic rings. The lowest BCUT2D eigenvalue weighted by molar-refractivity contribution is 0.0942. The van der Waals surface area contributed by atoms with Crippen LogP contribution in [0, 0.1) is 11.3 Å². The van der Waals surface area contributed by atoms with Gasteiger partial charge < -0.3 is 10.6 Å². The molecule has 1 atom stereocenters. The molecule has 0 bridgehead atoms. The SMILES string of the molecule is CCc1nc2ccc(Cl)cn2c1C(=O)NCC1CC12CCNCC2. The summed E-state index contributed by atoms with van der Waals surface area (Å²) in [5, 5.41) is 7.16. The van der Waals surface area contributed by atoms with Crippen molar-refractivity contribution in [2.45, 2.75) is 32.6 Å². The van der Waals surface area contributed by atoms with E-state index in [0.29, 0.717) is 22.0 Å². The van der Waals surface area contributed by atoms with E-state index in [1.165, 1.54) is 19.3 Å². The number of fused-ring (bicyclic) bond motifs is 1. The summed E-state index contributed by atoms with van der Waals surface area (Å²) in [4.78, 5) is 17.3. The maximum Gasteiger partial charge on any atom is 0.270 e. The van der Waals surface area contributed by atoms with Crippen molar-refractivity contribution in [2.24, 2.45) is 11.3 Å². The van der Waals surface area contributed by atoms with E-state index in [0.717, 1.165) is 37.4 Å². The molecule has 1 aliphatic carbocycles. The lowest BCUT2D eigenvalue weighted by Crippen LogP contribution is -2.33. The average Bonchev–Trinajstić information content (AvgIpc) is 3.11. The first-order valence-corrected chi connectivity index (χ1v) is 9.16. The van der Waals surface area contributed by atoms with E-state index < -0.39 is 0 Å². The first-order valence-electron chi connectivity index (χ1n) is 8.78. The Balaban J connectivity index is 1.50. The third-order valence-corrected chi connectivity index (χ3v) is 5.90. The number of nitrogens with zero attached hydrogens (tertiary/aromatic N) is 2. The second-order valence-corrected chi connectivity index (χ2v) is 7.50. The highest BCUT2D eigenvalue weighted by molar-refractivity contribution is 6.30. The number of hydrogen-bond acceptors (Lipinski definition) is 3. The number of carbonyl (C=O) groups excluding carboxylic acids is 1. The zero-order valence-electron chi connectivity index (χ0n) is 13.9. The molecule has 5 nitrogen and oxygen atoms in total. The topological polar surface area (TPSA) is 58.4 Å². The molecule has 2 N–H and O–H groups in total. The first-order chi connectivity index (χ1) is 11.6. The molecule has 1 spiro atoms. The Morgan fingerprint density at radius 1 is 1.46 bits per heavy atom. The van der Waals surface area contributed by atoms with Gasteiger partial charge >= 0.3 is 0 Å². The van der Waals surface area contributed by atoms with Crippen molar-refractivity contribution in [2.75, 3.05) is 19.6 Å². The van der Waals surface area contributed by atoms with Gasteiger partial charge in [0.1, 0.15) is 11.3 Å². The predicted octanol–water partition coefficient (Wildman–Crippen LogP) is 2.67. The lowest BCUT2D eigenvalue weighted by atomic mass is 9.92. The van der Waals surface area contributed by atoms with Crippen LogP contribution in [-0.2, 0) is 6.42 Å². The minimum absolute atomic E-state index is 0.0439. The van der Waals surface area contributed by atoms with Crippen LogP contribution < -0.4 is 10.6 Å². The van der Waals surface area contributed by atoms with Crippen LogP contribution >= 0.6 is 11.6 Å². The monoisotopic (exact) mass is 346 g/mol. The molecule has 1 amide bonds. The number of hydrogen-bond donors (Lipinski definition) is 2. The summed E-state index contributed by atoms with van der Waals surface area (Å²) in [5.41, 5.74) is 2.69. The Hall–Kier alpha value is -1.59. The molecule has 0 aromatic carbocycles. The fourth-order valence-electron chi connectivity index (χ4n) is 4.11. The van der Waals surface area contributed by atoms with E-state index in [-0.39, 0.29) is 5.91 Å². The highest BCUT2D eigenvalue weighted by atomic mass is 35.5. The zero-order chi connectivity index (χ0) is 16.7. The van der Waals surface area contributed by atoms with E-state index in [2.05, 4.69) is 15.6 Å². The molecule has 3 heterocycles. The highest BCUT2D eigenvalue weighted by Crippen LogP contribution is 2.58. The quantitative estimate of drug-likeness (QED) is 0.894. The largest absolute Gasteiger partial charge is 0.350 e. The summed E-state index contributed by atoms with van der Waals surface area (Å²) in [6.07, 6.45) is 6.21. The Bertz CT molecular complexity index is 779. The van der Waals surface area contributed by atoms with E-state index >= 15 is 0 Å². The van der Waals surface area contributed by atoms with Crippen LogP contribution in [0.15, 0.2) is 18.3 Å². The van der Waals surface area contributed by atoms with Crippen molar-refractivity contribution >= 4 is 23.2 Å². The van der Waals surface area contributed by atoms with Gasteiger partial charge in [0.2, 0.25) is 0 Å². The fraction of sp³-hybridized carbons (Fsp3) is 0.556. The molecule has 2 fully saturated rings. The Morgan fingerprint density at radius 3 is 3.00 bits per heavy atom. The summed E-state index contributed by atoms with van der Waals surface area (Å²) < 4.78 is 1.81. The highest BCUT2D eigenvalue weighted by Gasteiger charge is 2.53. The smallest absolute Gasteiger partial charge is 0.270 e. The molecule has 2 aromatic heterocycles. The first kappa shape index (κ1) is 15.9. The van der Waals surface area contributed by atoms with Gasteiger partial charge in [-0.05, 0) is 62.2 Å². The van der Waals surface area contributed by atoms with E-state index in [4.69, 9.17) is 11.6 Å². The van der Waals surface area contributed by atoms with Crippen LogP contribution in [0.25, 0.3) is 5.65 Å². The number of amides is 1. The molecule has 1 aliphatic heterocycles. The molecule has 128 valence electrons. The van der Waals surface area contributed by atoms with E-state index in [9.17, 15) is 4.79 Å². The lowest BCUT2D eigenvalue weighted by Gasteiger charge is -2.23. The fourth-order valence-corrected chi connectivity index (χ4v) is 4.27. The number of nitrogens with one attached hydrogen (secondary N) is 2. The van der Waals surface area contributed by atoms with Crippen molar-refractivity contribution in [1.29, 1.82) is 0 Å². The maximum atomic E-state index is 12.8. The standard InChI is InChI=1S/C18H23ClN4O/c1-2-14-16(23-11-13(19)3-4-15(23)22-14)17(24)21-10-12-9-18(12)5-7-20-8-6-18/h3-4,11-12,20H,2,5-10H2,1H3,(H,21,24). The summed E-state index contributed by atoms with van der Waals surface area (Å²) in [5.74, 6) is 0.578. The molecule has 1 saturated heterocycles. The summed E-state index contributed by atoms with van der Waals surface area (Å²) in [6, 6.07) is 3.65. The minimum atomic E-state index is -0.0439. The number of pyridine rings is 1. The average molecular weight is 347 g/mol. The van der Waals surface area contributed by atoms with Gasteiger partial charge in [-0.3, -0.25) is 9.20 Å². The maximum absolute atomic E-state index is 12.8. The van der Waals surface area contributed by atoms with Crippen molar-refractivity contribution in [3.63, 3.8) is 0 Å². The number of imidazole rings is 1. The normalized spacial score (nSPS) is 22.0. The van der Waals surface area contributed by atoms with E-state index in [1.807, 2.05) is 17.4 Å². The summed E-state index contributed by atoms with van der Waals surface area (Å²) in [6.45, 7) is 4.99. The number of rotatable bonds is 4. The second kappa shape index (κ2) is 6.05. The van der Waals surface area contributed by atoms with Gasteiger partial charge in [-0.15, -0.1) is 0 Å². The van der Waals surface area contributed by atoms with Crippen molar-refractivity contribution in [1.82, 2.24) is 20.0 Å². The molecular formula is C18H23ClN4O. The number of aromatic nitrogens is 2. The summed E-state index contributed by atoms with van der Waals surface area (Å²) >= 11 is 6.10. The third kappa shape index (κ3) is 2.70. The minimum Gasteiger partial charge on any atom is -0.350 e. The van der Waals surface area contributed by atoms with Crippen molar-refractivity contribution < 1.29 is 4.79 Å². The second-order valence-electron chi connectivity index (χ2n) is 7.06. The van der Waals surface area contributed by atoms with Gasteiger partial charge in [0.15, 0.2) is 0 Å². The van der Waals surface area contributed by atoms with Gasteiger partial charge in [0.25, 0.3) is 5.91 Å². The van der Waals surface area contributed by atoms with Crippen molar-refractivity contribution in [3.8, 4) is 0 Å². The van der Waals surface area contributed by atoms with Gasteiger partial charge in [-0.25, -0.2) is 4.98 Å². The van der Waals surface area contributed by atoms with Crippen LogP contribution in [0.3, 0.4) is 0 Å². The predicted molar refractivity (Wildman–Crippen MR) is 94.6 cm³/mol. The van der Waals surface area contributed by atoms with Gasteiger partial charge in [0, 0.05) is 12.7 Å². The van der Waals surface area contributed by atoms with Gasteiger partial charge in [-0.1, -0.05) is 18.5 Å². The zero-order valence-corrected chi connectivity index (χ0v) is 14.7. The number of piperidine rings is 1. The van der Waals surface area contributed by atoms with Crippen LogP contribution in [0.1, 0.15) is 42.4 Å². The molecule has 6 heteroatoms. The molecular weight excluding hydrogens is 324 g/mol. The molecule has 1 saturated carbocycles. The van der Waals surface area contributed by atoms with Crippen LogP contribution in [-0.4, -0.2) is 34.9 Å². The van der Waals surface area contributed by atoms with E-state index in [1.54, 1.807) is 12.3 Å². The van der Waals surface area contributed by atoms with Gasteiger partial charge in [-0.2, -0.15) is 0 Å². The molecule has 24 heavy (non-hydrogen) atoms. The number of aryl methyl sites for hydroxylation is 1. The van der Waals surface area contributed by atoms with Crippen LogP contribution in [0.2, 0.25) is 5.02 Å². The van der Waals surface area contributed by atoms with Crippen molar-refractivity contribution in [3.05, 3.63) is 34.7 Å². The Kier molecular flexibility index (Phi) is 4.01. The third-order valence-electron chi connectivity index (χ3n) is 5.67.